The summed E-state index contributed by atoms with van der Waals surface area (Å²) in [6.07, 6.45) is 2.76. The van der Waals surface area contributed by atoms with E-state index in [9.17, 15) is 14.0 Å². The van der Waals surface area contributed by atoms with Crippen LogP contribution < -0.4 is 5.32 Å². The molecule has 3 aromatic rings. The van der Waals surface area contributed by atoms with Crippen LogP contribution in [0.5, 0.6) is 0 Å². The molecule has 0 saturated heterocycles. The lowest BCUT2D eigenvalue weighted by molar-refractivity contribution is -0.125. The van der Waals surface area contributed by atoms with Crippen LogP contribution in [0.2, 0.25) is 5.02 Å². The zero-order valence-electron chi connectivity index (χ0n) is 16.8. The minimum Gasteiger partial charge on any atom is -0.452 e. The van der Waals surface area contributed by atoms with Gasteiger partial charge in [-0.15, -0.1) is 0 Å². The summed E-state index contributed by atoms with van der Waals surface area (Å²) in [5.41, 5.74) is 2.11. The zero-order chi connectivity index (χ0) is 22.0. The van der Waals surface area contributed by atoms with Gasteiger partial charge in [0.05, 0.1) is 16.6 Å². The molecule has 0 fully saturated rings. The predicted octanol–water partition coefficient (Wildman–Crippen LogP) is 4.79. The summed E-state index contributed by atoms with van der Waals surface area (Å²) < 4.78 is 24.6. The minimum absolute atomic E-state index is 0.0590. The summed E-state index contributed by atoms with van der Waals surface area (Å²) in [6.45, 7) is 1.02. The van der Waals surface area contributed by atoms with Gasteiger partial charge in [-0.1, -0.05) is 47.1 Å². The van der Waals surface area contributed by atoms with E-state index in [1.807, 2.05) is 18.2 Å². The number of benzene rings is 2. The van der Waals surface area contributed by atoms with Crippen LogP contribution in [-0.2, 0) is 16.0 Å². The maximum Gasteiger partial charge on any atom is 0.344 e. The van der Waals surface area contributed by atoms with Gasteiger partial charge in [-0.2, -0.15) is 0 Å². The fourth-order valence-electron chi connectivity index (χ4n) is 3.85. The Morgan fingerprint density at radius 3 is 2.87 bits per heavy atom. The van der Waals surface area contributed by atoms with E-state index in [2.05, 4.69) is 16.5 Å². The highest BCUT2D eigenvalue weighted by atomic mass is 35.5. The molecule has 1 heterocycles. The fourth-order valence-corrected chi connectivity index (χ4v) is 4.10. The van der Waals surface area contributed by atoms with Crippen molar-refractivity contribution in [3.05, 3.63) is 75.8 Å². The zero-order valence-corrected chi connectivity index (χ0v) is 17.5. The van der Waals surface area contributed by atoms with Crippen LogP contribution in [-0.4, -0.2) is 23.6 Å². The van der Waals surface area contributed by atoms with E-state index >= 15 is 0 Å². The number of hydrogen-bond acceptors (Lipinski definition) is 5. The lowest BCUT2D eigenvalue weighted by atomic mass is 9.88. The van der Waals surface area contributed by atoms with Crippen LogP contribution in [0.25, 0.3) is 11.3 Å². The summed E-state index contributed by atoms with van der Waals surface area (Å²) in [6, 6.07) is 12.0. The molecule has 1 aliphatic carbocycles. The molecule has 2 aromatic carbocycles. The van der Waals surface area contributed by atoms with E-state index < -0.39 is 24.3 Å². The van der Waals surface area contributed by atoms with Crippen molar-refractivity contribution in [1.29, 1.82) is 0 Å². The SMILES string of the molecule is Cc1onc(-c2c(F)cccc2Cl)c1C(=O)OCC(=O)N[C@@H]1CCCc2ccccc21. The van der Waals surface area contributed by atoms with E-state index in [1.165, 1.54) is 30.7 Å². The molecule has 0 spiro atoms. The van der Waals surface area contributed by atoms with E-state index in [4.69, 9.17) is 20.9 Å². The molecule has 8 heteroatoms. The number of nitrogens with one attached hydrogen (secondary N) is 1. The molecule has 1 atom stereocenters. The number of rotatable bonds is 5. The topological polar surface area (TPSA) is 81.4 Å². The monoisotopic (exact) mass is 442 g/mol. The molecule has 160 valence electrons. The van der Waals surface area contributed by atoms with Crippen molar-refractivity contribution in [2.24, 2.45) is 0 Å². The number of aryl methyl sites for hydroxylation is 2. The Hall–Kier alpha value is -3.19. The van der Waals surface area contributed by atoms with Gasteiger partial charge in [0.1, 0.15) is 22.8 Å². The molecule has 1 amide bonds. The quantitative estimate of drug-likeness (QED) is 0.574. The smallest absolute Gasteiger partial charge is 0.344 e. The molecule has 0 unspecified atom stereocenters. The Balaban J connectivity index is 1.46. The largest absolute Gasteiger partial charge is 0.452 e. The first-order chi connectivity index (χ1) is 15.0. The van der Waals surface area contributed by atoms with Crippen LogP contribution in [0.3, 0.4) is 0 Å². The van der Waals surface area contributed by atoms with Gasteiger partial charge >= 0.3 is 5.97 Å². The van der Waals surface area contributed by atoms with Crippen molar-refractivity contribution in [1.82, 2.24) is 10.5 Å². The molecule has 1 aromatic heterocycles. The van der Waals surface area contributed by atoms with Gasteiger partial charge in [-0.25, -0.2) is 9.18 Å². The fraction of sp³-hybridized carbons (Fsp3) is 0.261. The third kappa shape index (κ3) is 4.32. The Kier molecular flexibility index (Phi) is 6.04. The molecule has 0 saturated carbocycles. The average molecular weight is 443 g/mol. The Morgan fingerprint density at radius 2 is 2.06 bits per heavy atom. The first-order valence-corrected chi connectivity index (χ1v) is 10.3. The number of carbonyl (C=O) groups is 2. The van der Waals surface area contributed by atoms with Crippen LogP contribution >= 0.6 is 11.6 Å². The number of aromatic nitrogens is 1. The molecule has 31 heavy (non-hydrogen) atoms. The van der Waals surface area contributed by atoms with Gasteiger partial charge in [-0.05, 0) is 49.4 Å². The Labute approximate surface area is 183 Å². The maximum absolute atomic E-state index is 14.3. The number of nitrogens with zero attached hydrogens (tertiary/aromatic N) is 1. The molecule has 0 aliphatic heterocycles. The third-order valence-electron chi connectivity index (χ3n) is 5.31. The number of ether oxygens (including phenoxy) is 1. The molecular weight excluding hydrogens is 423 g/mol. The van der Waals surface area contributed by atoms with Gasteiger partial charge in [-0.3, -0.25) is 4.79 Å². The summed E-state index contributed by atoms with van der Waals surface area (Å²) in [5.74, 6) is -1.77. The number of hydrogen-bond donors (Lipinski definition) is 1. The normalized spacial score (nSPS) is 15.3. The summed E-state index contributed by atoms with van der Waals surface area (Å²) in [5, 5.41) is 6.77. The van der Waals surface area contributed by atoms with Crippen molar-refractivity contribution < 1.29 is 23.2 Å². The van der Waals surface area contributed by atoms with Gasteiger partial charge in [0.15, 0.2) is 6.61 Å². The Bertz CT molecular complexity index is 1120. The molecule has 1 N–H and O–H groups in total. The van der Waals surface area contributed by atoms with Crippen molar-refractivity contribution in [2.75, 3.05) is 6.61 Å². The van der Waals surface area contributed by atoms with Gasteiger partial charge < -0.3 is 14.6 Å². The summed E-state index contributed by atoms with van der Waals surface area (Å²) >= 11 is 6.09. The Morgan fingerprint density at radius 1 is 1.26 bits per heavy atom. The number of carbonyl (C=O) groups excluding carboxylic acids is 2. The third-order valence-corrected chi connectivity index (χ3v) is 5.62. The number of fused-ring (bicyclic) bond motifs is 1. The van der Waals surface area contributed by atoms with E-state index in [1.54, 1.807) is 0 Å². The van der Waals surface area contributed by atoms with E-state index in [0.717, 1.165) is 24.8 Å². The van der Waals surface area contributed by atoms with Crippen molar-refractivity contribution in [3.8, 4) is 11.3 Å². The highest BCUT2D eigenvalue weighted by Crippen LogP contribution is 2.34. The molecule has 4 rings (SSSR count). The van der Waals surface area contributed by atoms with Gasteiger partial charge in [0, 0.05) is 0 Å². The number of esters is 1. The van der Waals surface area contributed by atoms with Crippen LogP contribution in [0, 0.1) is 12.7 Å². The minimum atomic E-state index is -0.840. The van der Waals surface area contributed by atoms with E-state index in [-0.39, 0.29) is 33.6 Å². The lowest BCUT2D eigenvalue weighted by Crippen LogP contribution is -2.34. The summed E-state index contributed by atoms with van der Waals surface area (Å²) in [4.78, 5) is 25.1. The van der Waals surface area contributed by atoms with Gasteiger partial charge in [0.2, 0.25) is 0 Å². The van der Waals surface area contributed by atoms with Crippen LogP contribution in [0.4, 0.5) is 4.39 Å². The second kappa shape index (κ2) is 8.89. The van der Waals surface area contributed by atoms with Crippen molar-refractivity contribution in [2.45, 2.75) is 32.2 Å². The highest BCUT2D eigenvalue weighted by Gasteiger charge is 2.27. The molecule has 6 nitrogen and oxygen atoms in total. The van der Waals surface area contributed by atoms with Crippen molar-refractivity contribution in [3.63, 3.8) is 0 Å². The number of halogens is 2. The average Bonchev–Trinajstić information content (AvgIpc) is 3.13. The molecule has 0 bridgehead atoms. The maximum atomic E-state index is 14.3. The first kappa shape index (κ1) is 21.1. The second-order valence-electron chi connectivity index (χ2n) is 7.35. The first-order valence-electron chi connectivity index (χ1n) is 9.90. The van der Waals surface area contributed by atoms with Gasteiger partial charge in [0.25, 0.3) is 5.91 Å². The van der Waals surface area contributed by atoms with E-state index in [0.29, 0.717) is 0 Å². The highest BCUT2D eigenvalue weighted by molar-refractivity contribution is 6.33. The van der Waals surface area contributed by atoms with Crippen LogP contribution in [0.15, 0.2) is 47.0 Å². The number of amides is 1. The molecule has 1 aliphatic rings. The predicted molar refractivity (Wildman–Crippen MR) is 112 cm³/mol. The lowest BCUT2D eigenvalue weighted by Gasteiger charge is -2.26. The standard InChI is InChI=1S/C23H20ClFN2O4/c1-13-20(22(27-31-13)21-16(24)9-5-10-17(21)25)23(29)30-12-19(28)26-18-11-4-7-14-6-2-3-8-15(14)18/h2-3,5-6,8-10,18H,4,7,11-12H2,1H3,(H,26,28)/t18-/m1/s1. The van der Waals surface area contributed by atoms with Crippen LogP contribution in [0.1, 0.15) is 46.1 Å². The van der Waals surface area contributed by atoms with Crippen molar-refractivity contribution >= 4 is 23.5 Å². The second-order valence-corrected chi connectivity index (χ2v) is 7.75. The molecular formula is C23H20ClFN2O4. The summed E-state index contributed by atoms with van der Waals surface area (Å²) in [7, 11) is 0. The molecule has 0 radical (unpaired) electrons.